The number of phenolic OH excluding ortho intramolecular Hbond substituents is 1. The highest BCUT2D eigenvalue weighted by atomic mass is 35.5. The molecule has 0 amide bonds. The highest BCUT2D eigenvalue weighted by Crippen LogP contribution is 2.28. The summed E-state index contributed by atoms with van der Waals surface area (Å²) in [7, 11) is 0. The van der Waals surface area contributed by atoms with Gasteiger partial charge in [-0.3, -0.25) is 0 Å². The highest BCUT2D eigenvalue weighted by Gasteiger charge is 2.05. The fraction of sp³-hybridized carbons (Fsp3) is 0. The van der Waals surface area contributed by atoms with Crippen molar-refractivity contribution in [2.45, 2.75) is 0 Å². The lowest BCUT2D eigenvalue weighted by Crippen LogP contribution is -1.87. The molecule has 2 aromatic carbocycles. The Kier molecular flexibility index (Phi) is 3.17. The zero-order chi connectivity index (χ0) is 12.3. The molecule has 4 heteroatoms. The van der Waals surface area contributed by atoms with Gasteiger partial charge in [-0.1, -0.05) is 11.6 Å². The quantitative estimate of drug-likeness (QED) is 0.878. The van der Waals surface area contributed by atoms with Crippen molar-refractivity contribution >= 4 is 11.6 Å². The van der Waals surface area contributed by atoms with Gasteiger partial charge >= 0.3 is 0 Å². The molecule has 0 aliphatic heterocycles. The molecule has 0 aromatic heterocycles. The number of ether oxygens (including phenoxy) is 1. The summed E-state index contributed by atoms with van der Waals surface area (Å²) in [4.78, 5) is 0. The normalized spacial score (nSPS) is 9.65. The van der Waals surface area contributed by atoms with E-state index in [4.69, 9.17) is 26.7 Å². The van der Waals surface area contributed by atoms with E-state index in [1.165, 1.54) is 18.2 Å². The van der Waals surface area contributed by atoms with E-state index in [0.717, 1.165) is 0 Å². The first-order valence-corrected chi connectivity index (χ1v) is 5.23. The van der Waals surface area contributed by atoms with E-state index in [9.17, 15) is 0 Å². The Bertz CT molecular complexity index is 573. The van der Waals surface area contributed by atoms with Crippen molar-refractivity contribution < 1.29 is 9.84 Å². The fourth-order valence-corrected chi connectivity index (χ4v) is 1.49. The van der Waals surface area contributed by atoms with Crippen LogP contribution in [0.25, 0.3) is 0 Å². The zero-order valence-electron chi connectivity index (χ0n) is 8.72. The van der Waals surface area contributed by atoms with Gasteiger partial charge < -0.3 is 9.84 Å². The first-order valence-electron chi connectivity index (χ1n) is 4.85. The summed E-state index contributed by atoms with van der Waals surface area (Å²) in [6, 6.07) is 13.1. The minimum atomic E-state index is 0.161. The van der Waals surface area contributed by atoms with Crippen molar-refractivity contribution in [1.82, 2.24) is 0 Å². The van der Waals surface area contributed by atoms with Crippen LogP contribution in [0.3, 0.4) is 0 Å². The van der Waals surface area contributed by atoms with Crippen LogP contribution in [0, 0.1) is 11.3 Å². The molecule has 0 atom stereocenters. The summed E-state index contributed by atoms with van der Waals surface area (Å²) in [5.41, 5.74) is 0.366. The first kappa shape index (κ1) is 11.3. The first-order chi connectivity index (χ1) is 8.19. The Balaban J connectivity index is 2.30. The summed E-state index contributed by atoms with van der Waals surface area (Å²) < 4.78 is 5.52. The van der Waals surface area contributed by atoms with Gasteiger partial charge in [-0.2, -0.15) is 5.26 Å². The van der Waals surface area contributed by atoms with Crippen LogP contribution in [0.1, 0.15) is 5.56 Å². The molecule has 0 saturated carbocycles. The van der Waals surface area contributed by atoms with E-state index < -0.39 is 0 Å². The molecule has 3 nitrogen and oxygen atoms in total. The molecule has 84 valence electrons. The largest absolute Gasteiger partial charge is 0.508 e. The number of hydrogen-bond donors (Lipinski definition) is 1. The Morgan fingerprint density at radius 1 is 1.12 bits per heavy atom. The zero-order valence-corrected chi connectivity index (χ0v) is 9.48. The van der Waals surface area contributed by atoms with Crippen molar-refractivity contribution in [1.29, 1.82) is 5.26 Å². The number of hydrogen-bond acceptors (Lipinski definition) is 3. The SMILES string of the molecule is N#Cc1cc(Cl)ccc1Oc1ccc(O)cc1. The molecule has 2 rings (SSSR count). The maximum atomic E-state index is 9.13. The minimum Gasteiger partial charge on any atom is -0.508 e. The second-order valence-corrected chi connectivity index (χ2v) is 3.78. The van der Waals surface area contributed by atoms with E-state index in [2.05, 4.69) is 0 Å². The molecule has 0 heterocycles. The van der Waals surface area contributed by atoms with Gasteiger partial charge in [0.1, 0.15) is 23.3 Å². The maximum absolute atomic E-state index is 9.13. The van der Waals surface area contributed by atoms with Gasteiger partial charge in [-0.25, -0.2) is 0 Å². The Hall–Kier alpha value is -2.18. The van der Waals surface area contributed by atoms with Crippen molar-refractivity contribution in [2.75, 3.05) is 0 Å². The molecule has 0 bridgehead atoms. The van der Waals surface area contributed by atoms with Gasteiger partial charge in [-0.05, 0) is 42.5 Å². The predicted molar refractivity (Wildman–Crippen MR) is 64.3 cm³/mol. The number of nitriles is 1. The van der Waals surface area contributed by atoms with Crippen molar-refractivity contribution in [3.05, 3.63) is 53.1 Å². The lowest BCUT2D eigenvalue weighted by molar-refractivity contribution is 0.464. The third-order valence-electron chi connectivity index (χ3n) is 2.13. The summed E-state index contributed by atoms with van der Waals surface area (Å²) in [5, 5.41) is 18.6. The van der Waals surface area contributed by atoms with Crippen LogP contribution in [0.2, 0.25) is 5.02 Å². The van der Waals surface area contributed by atoms with E-state index >= 15 is 0 Å². The monoisotopic (exact) mass is 245 g/mol. The molecular formula is C13H8ClNO2. The number of nitrogens with zero attached hydrogens (tertiary/aromatic N) is 1. The lowest BCUT2D eigenvalue weighted by Gasteiger charge is -2.07. The second kappa shape index (κ2) is 4.77. The molecule has 1 N–H and O–H groups in total. The molecular weight excluding hydrogens is 238 g/mol. The summed E-state index contributed by atoms with van der Waals surface area (Å²) >= 11 is 5.78. The van der Waals surface area contributed by atoms with Crippen molar-refractivity contribution in [2.24, 2.45) is 0 Å². The topological polar surface area (TPSA) is 53.2 Å². The molecule has 0 aliphatic carbocycles. The van der Waals surface area contributed by atoms with Gasteiger partial charge in [0.25, 0.3) is 0 Å². The predicted octanol–water partition coefficient (Wildman–Crippen LogP) is 3.71. The van der Waals surface area contributed by atoms with E-state index in [0.29, 0.717) is 22.1 Å². The van der Waals surface area contributed by atoms with Crippen LogP contribution < -0.4 is 4.74 Å². The molecule has 0 saturated heterocycles. The van der Waals surface area contributed by atoms with Gasteiger partial charge in [-0.15, -0.1) is 0 Å². The molecule has 0 radical (unpaired) electrons. The third kappa shape index (κ3) is 2.68. The standard InChI is InChI=1S/C13H8ClNO2/c14-10-1-6-13(9(7-10)8-15)17-12-4-2-11(16)3-5-12/h1-7,16H. The summed E-state index contributed by atoms with van der Waals surface area (Å²) in [6.07, 6.45) is 0. The fourth-order valence-electron chi connectivity index (χ4n) is 1.32. The maximum Gasteiger partial charge on any atom is 0.145 e. The number of halogens is 1. The van der Waals surface area contributed by atoms with Crippen LogP contribution in [-0.4, -0.2) is 5.11 Å². The number of phenols is 1. The Labute approximate surface area is 103 Å². The average Bonchev–Trinajstić information content (AvgIpc) is 2.34. The van der Waals surface area contributed by atoms with Gasteiger partial charge in [0.2, 0.25) is 0 Å². The molecule has 0 spiro atoms. The average molecular weight is 246 g/mol. The molecule has 17 heavy (non-hydrogen) atoms. The second-order valence-electron chi connectivity index (χ2n) is 3.35. The third-order valence-corrected chi connectivity index (χ3v) is 2.36. The van der Waals surface area contributed by atoms with E-state index in [-0.39, 0.29) is 5.75 Å². The van der Waals surface area contributed by atoms with Crippen LogP contribution in [-0.2, 0) is 0 Å². The van der Waals surface area contributed by atoms with Crippen LogP contribution in [0.4, 0.5) is 0 Å². The van der Waals surface area contributed by atoms with Gasteiger partial charge in [0, 0.05) is 5.02 Å². The summed E-state index contributed by atoms with van der Waals surface area (Å²) in [5.74, 6) is 1.14. The van der Waals surface area contributed by atoms with Crippen molar-refractivity contribution in [3.8, 4) is 23.3 Å². The van der Waals surface area contributed by atoms with Crippen LogP contribution >= 0.6 is 11.6 Å². The Morgan fingerprint density at radius 3 is 2.47 bits per heavy atom. The lowest BCUT2D eigenvalue weighted by atomic mass is 10.2. The molecule has 0 aliphatic rings. The number of benzene rings is 2. The number of rotatable bonds is 2. The molecule has 2 aromatic rings. The van der Waals surface area contributed by atoms with Gasteiger partial charge in [0.05, 0.1) is 5.56 Å². The number of aromatic hydroxyl groups is 1. The van der Waals surface area contributed by atoms with E-state index in [1.54, 1.807) is 24.3 Å². The van der Waals surface area contributed by atoms with Crippen molar-refractivity contribution in [3.63, 3.8) is 0 Å². The van der Waals surface area contributed by atoms with E-state index in [1.807, 2.05) is 6.07 Å². The summed E-state index contributed by atoms with van der Waals surface area (Å²) in [6.45, 7) is 0. The highest BCUT2D eigenvalue weighted by molar-refractivity contribution is 6.30. The molecule has 0 unspecified atom stereocenters. The Morgan fingerprint density at radius 2 is 1.82 bits per heavy atom. The van der Waals surface area contributed by atoms with Crippen LogP contribution in [0.5, 0.6) is 17.2 Å². The minimum absolute atomic E-state index is 0.161. The molecule has 0 fully saturated rings. The smallest absolute Gasteiger partial charge is 0.145 e. The van der Waals surface area contributed by atoms with Crippen LogP contribution in [0.15, 0.2) is 42.5 Å². The van der Waals surface area contributed by atoms with Gasteiger partial charge in [0.15, 0.2) is 0 Å².